The lowest BCUT2D eigenvalue weighted by molar-refractivity contribution is -0.275. The van der Waals surface area contributed by atoms with Crippen LogP contribution in [0.5, 0.6) is 5.75 Å². The van der Waals surface area contributed by atoms with Gasteiger partial charge in [0.2, 0.25) is 0 Å². The highest BCUT2D eigenvalue weighted by Gasteiger charge is 2.32. The van der Waals surface area contributed by atoms with Crippen LogP contribution in [0.15, 0.2) is 22.7 Å². The van der Waals surface area contributed by atoms with Gasteiger partial charge in [0.1, 0.15) is 12.0 Å². The standard InChI is InChI=1S/C10H8BrF3O2/c1-6(5-15)8-4-7(11)2-3-9(8)16-10(12,13)14/h2-6H,1H3. The Hall–Kier alpha value is -1.04. The zero-order valence-electron chi connectivity index (χ0n) is 8.22. The second-order valence-corrected chi connectivity index (χ2v) is 4.07. The van der Waals surface area contributed by atoms with Crippen molar-refractivity contribution in [1.29, 1.82) is 0 Å². The monoisotopic (exact) mass is 296 g/mol. The van der Waals surface area contributed by atoms with Crippen LogP contribution in [0.2, 0.25) is 0 Å². The van der Waals surface area contributed by atoms with Crippen LogP contribution in [0.4, 0.5) is 13.2 Å². The first-order valence-corrected chi connectivity index (χ1v) is 5.13. The molecule has 1 atom stereocenters. The minimum Gasteiger partial charge on any atom is -0.405 e. The van der Waals surface area contributed by atoms with Gasteiger partial charge in [-0.05, 0) is 18.2 Å². The van der Waals surface area contributed by atoms with Crippen LogP contribution in [0.1, 0.15) is 18.4 Å². The molecule has 0 aromatic heterocycles. The summed E-state index contributed by atoms with van der Waals surface area (Å²) in [6.07, 6.45) is -4.20. The molecule has 16 heavy (non-hydrogen) atoms. The molecule has 0 saturated carbocycles. The van der Waals surface area contributed by atoms with Crippen molar-refractivity contribution in [3.05, 3.63) is 28.2 Å². The average molecular weight is 297 g/mol. The second-order valence-electron chi connectivity index (χ2n) is 3.15. The fourth-order valence-corrected chi connectivity index (χ4v) is 1.54. The summed E-state index contributed by atoms with van der Waals surface area (Å²) in [4.78, 5) is 10.6. The molecule has 0 saturated heterocycles. The molecule has 88 valence electrons. The molecule has 1 aromatic rings. The summed E-state index contributed by atoms with van der Waals surface area (Å²) < 4.78 is 40.6. The van der Waals surface area contributed by atoms with Gasteiger partial charge in [0.15, 0.2) is 0 Å². The van der Waals surface area contributed by atoms with Gasteiger partial charge in [0.05, 0.1) is 0 Å². The number of aldehydes is 1. The number of ether oxygens (including phenoxy) is 1. The van der Waals surface area contributed by atoms with E-state index in [4.69, 9.17) is 0 Å². The largest absolute Gasteiger partial charge is 0.573 e. The minimum absolute atomic E-state index is 0.196. The fourth-order valence-electron chi connectivity index (χ4n) is 1.17. The van der Waals surface area contributed by atoms with Gasteiger partial charge in [-0.15, -0.1) is 13.2 Å². The molecule has 2 nitrogen and oxygen atoms in total. The normalized spacial score (nSPS) is 13.3. The molecule has 0 N–H and O–H groups in total. The zero-order valence-corrected chi connectivity index (χ0v) is 9.80. The van der Waals surface area contributed by atoms with Crippen molar-refractivity contribution in [1.82, 2.24) is 0 Å². The van der Waals surface area contributed by atoms with E-state index in [-0.39, 0.29) is 11.3 Å². The second kappa shape index (κ2) is 4.86. The smallest absolute Gasteiger partial charge is 0.405 e. The molecule has 0 aliphatic rings. The number of alkyl halides is 3. The van der Waals surface area contributed by atoms with Crippen LogP contribution in [-0.4, -0.2) is 12.6 Å². The van der Waals surface area contributed by atoms with Crippen LogP contribution < -0.4 is 4.74 Å². The number of benzene rings is 1. The SMILES string of the molecule is CC(C=O)c1cc(Br)ccc1OC(F)(F)F. The highest BCUT2D eigenvalue weighted by molar-refractivity contribution is 9.10. The number of carbonyl (C=O) groups is 1. The van der Waals surface area contributed by atoms with Crippen molar-refractivity contribution in [2.45, 2.75) is 19.2 Å². The van der Waals surface area contributed by atoms with E-state index in [9.17, 15) is 18.0 Å². The third kappa shape index (κ3) is 3.52. The van der Waals surface area contributed by atoms with E-state index < -0.39 is 12.3 Å². The first kappa shape index (κ1) is 13.0. The van der Waals surface area contributed by atoms with E-state index >= 15 is 0 Å². The highest BCUT2D eigenvalue weighted by Crippen LogP contribution is 2.32. The van der Waals surface area contributed by atoms with Gasteiger partial charge in [-0.1, -0.05) is 22.9 Å². The summed E-state index contributed by atoms with van der Waals surface area (Å²) in [5.41, 5.74) is 0.196. The Labute approximate surface area is 98.5 Å². The molecule has 0 fully saturated rings. The number of hydrogen-bond donors (Lipinski definition) is 0. The van der Waals surface area contributed by atoms with Gasteiger partial charge >= 0.3 is 6.36 Å². The minimum atomic E-state index is -4.76. The number of hydrogen-bond acceptors (Lipinski definition) is 2. The number of rotatable bonds is 3. The Morgan fingerprint density at radius 3 is 2.56 bits per heavy atom. The lowest BCUT2D eigenvalue weighted by Gasteiger charge is -2.15. The van der Waals surface area contributed by atoms with Crippen molar-refractivity contribution in [3.8, 4) is 5.75 Å². The predicted molar refractivity (Wildman–Crippen MR) is 55.3 cm³/mol. The van der Waals surface area contributed by atoms with Crippen LogP contribution in [0, 0.1) is 0 Å². The lowest BCUT2D eigenvalue weighted by Crippen LogP contribution is -2.18. The molecular weight excluding hydrogens is 289 g/mol. The predicted octanol–water partition coefficient (Wildman–Crippen LogP) is 3.65. The molecule has 1 unspecified atom stereocenters. The van der Waals surface area contributed by atoms with Crippen LogP contribution in [0.25, 0.3) is 0 Å². The van der Waals surface area contributed by atoms with Crippen molar-refractivity contribution < 1.29 is 22.7 Å². The molecule has 0 aliphatic carbocycles. The molecule has 0 radical (unpaired) electrons. The summed E-state index contributed by atoms with van der Waals surface area (Å²) in [7, 11) is 0. The molecule has 0 spiro atoms. The average Bonchev–Trinajstić information content (AvgIpc) is 2.17. The highest BCUT2D eigenvalue weighted by atomic mass is 79.9. The van der Waals surface area contributed by atoms with Gasteiger partial charge < -0.3 is 9.53 Å². The quantitative estimate of drug-likeness (QED) is 0.796. The van der Waals surface area contributed by atoms with E-state index in [1.807, 2.05) is 0 Å². The maximum absolute atomic E-state index is 12.1. The first-order valence-electron chi connectivity index (χ1n) is 4.34. The number of carbonyl (C=O) groups excluding carboxylic acids is 1. The summed E-state index contributed by atoms with van der Waals surface area (Å²) >= 11 is 3.12. The van der Waals surface area contributed by atoms with Gasteiger partial charge in [-0.25, -0.2) is 0 Å². The van der Waals surface area contributed by atoms with E-state index in [1.165, 1.54) is 25.1 Å². The van der Waals surface area contributed by atoms with Crippen LogP contribution in [-0.2, 0) is 4.79 Å². The van der Waals surface area contributed by atoms with Gasteiger partial charge in [-0.3, -0.25) is 0 Å². The first-order chi connectivity index (χ1) is 7.33. The van der Waals surface area contributed by atoms with Crippen LogP contribution in [0.3, 0.4) is 0 Å². The Balaban J connectivity index is 3.12. The Morgan fingerprint density at radius 1 is 1.44 bits per heavy atom. The molecule has 0 bridgehead atoms. The Kier molecular flexibility index (Phi) is 3.96. The van der Waals surface area contributed by atoms with Crippen molar-refractivity contribution in [2.75, 3.05) is 0 Å². The summed E-state index contributed by atoms with van der Waals surface area (Å²) in [6, 6.07) is 4.02. The molecule has 0 amide bonds. The topological polar surface area (TPSA) is 26.3 Å². The fraction of sp³-hybridized carbons (Fsp3) is 0.300. The van der Waals surface area contributed by atoms with Crippen LogP contribution >= 0.6 is 15.9 Å². The molecular formula is C10H8BrF3O2. The van der Waals surface area contributed by atoms with E-state index in [2.05, 4.69) is 20.7 Å². The molecule has 6 heteroatoms. The number of halogens is 4. The summed E-state index contributed by atoms with van der Waals surface area (Å²) in [5.74, 6) is -1.01. The maximum Gasteiger partial charge on any atom is 0.573 e. The van der Waals surface area contributed by atoms with E-state index in [0.29, 0.717) is 10.8 Å². The van der Waals surface area contributed by atoms with Crippen molar-refractivity contribution in [2.24, 2.45) is 0 Å². The molecule has 0 heterocycles. The van der Waals surface area contributed by atoms with Gasteiger partial charge in [0.25, 0.3) is 0 Å². The Bertz CT molecular complexity index is 390. The van der Waals surface area contributed by atoms with E-state index in [1.54, 1.807) is 0 Å². The third-order valence-electron chi connectivity index (χ3n) is 1.89. The molecule has 1 rings (SSSR count). The van der Waals surface area contributed by atoms with Crippen molar-refractivity contribution in [3.63, 3.8) is 0 Å². The Morgan fingerprint density at radius 2 is 2.06 bits per heavy atom. The lowest BCUT2D eigenvalue weighted by atomic mass is 10.0. The molecule has 0 aliphatic heterocycles. The molecule has 1 aromatic carbocycles. The zero-order chi connectivity index (χ0) is 12.3. The third-order valence-corrected chi connectivity index (χ3v) is 2.39. The van der Waals surface area contributed by atoms with Gasteiger partial charge in [-0.2, -0.15) is 0 Å². The summed E-state index contributed by atoms with van der Waals surface area (Å²) in [5, 5.41) is 0. The van der Waals surface area contributed by atoms with Gasteiger partial charge in [0, 0.05) is 16.0 Å². The van der Waals surface area contributed by atoms with Crippen molar-refractivity contribution >= 4 is 22.2 Å². The van der Waals surface area contributed by atoms with E-state index in [0.717, 1.165) is 0 Å². The maximum atomic E-state index is 12.1. The summed E-state index contributed by atoms with van der Waals surface area (Å²) in [6.45, 7) is 1.50.